The molecule has 7 heteroatoms. The number of aromatic nitrogens is 1. The van der Waals surface area contributed by atoms with Crippen molar-refractivity contribution in [2.75, 3.05) is 18.6 Å². The van der Waals surface area contributed by atoms with Crippen LogP contribution in [0, 0.1) is 13.8 Å². The number of pyridine rings is 1. The van der Waals surface area contributed by atoms with E-state index in [0.29, 0.717) is 40.5 Å². The van der Waals surface area contributed by atoms with Gasteiger partial charge < -0.3 is 13.9 Å². The Balaban J connectivity index is 1.77. The summed E-state index contributed by atoms with van der Waals surface area (Å²) in [4.78, 5) is 33.6. The maximum absolute atomic E-state index is 13.8. The van der Waals surface area contributed by atoms with Crippen molar-refractivity contribution in [1.82, 2.24) is 4.98 Å². The first-order valence-electron chi connectivity index (χ1n) is 11.2. The summed E-state index contributed by atoms with van der Waals surface area (Å²) in [6, 6.07) is 15.4. The predicted molar refractivity (Wildman–Crippen MR) is 134 cm³/mol. The number of carbonyl (C=O) groups is 1. The summed E-state index contributed by atoms with van der Waals surface area (Å²) in [5.41, 5.74) is 2.74. The van der Waals surface area contributed by atoms with Crippen LogP contribution in [0.3, 0.4) is 0 Å². The first-order chi connectivity index (χ1) is 16.9. The zero-order valence-corrected chi connectivity index (χ0v) is 19.7. The van der Waals surface area contributed by atoms with Crippen LogP contribution in [0.15, 0.2) is 76.5 Å². The maximum Gasteiger partial charge on any atom is 0.296 e. The third-order valence-electron chi connectivity index (χ3n) is 6.01. The molecule has 0 aliphatic carbocycles. The van der Waals surface area contributed by atoms with Gasteiger partial charge in [-0.05, 0) is 55.8 Å². The molecule has 5 rings (SSSR count). The first-order valence-corrected chi connectivity index (χ1v) is 11.2. The molecule has 3 heterocycles. The highest BCUT2D eigenvalue weighted by atomic mass is 16.5. The normalized spacial score (nSPS) is 14.8. The van der Waals surface area contributed by atoms with E-state index in [1.165, 1.54) is 12.0 Å². The molecule has 0 saturated carbocycles. The second kappa shape index (κ2) is 8.76. The molecule has 0 N–H and O–H groups in total. The molecule has 2 aromatic carbocycles. The van der Waals surface area contributed by atoms with Gasteiger partial charge in [0.15, 0.2) is 16.9 Å². The van der Waals surface area contributed by atoms with E-state index >= 15 is 0 Å². The van der Waals surface area contributed by atoms with Crippen molar-refractivity contribution in [3.8, 4) is 11.5 Å². The Morgan fingerprint density at radius 2 is 1.91 bits per heavy atom. The Morgan fingerprint density at radius 3 is 2.66 bits per heavy atom. The Bertz CT molecular complexity index is 1540. The fourth-order valence-corrected chi connectivity index (χ4v) is 4.42. The smallest absolute Gasteiger partial charge is 0.296 e. The molecule has 4 aromatic rings. The number of amides is 1. The number of aryl methyl sites for hydroxylation is 2. The van der Waals surface area contributed by atoms with Gasteiger partial charge in [0.2, 0.25) is 5.76 Å². The molecule has 1 unspecified atom stereocenters. The molecular weight excluding hydrogens is 444 g/mol. The van der Waals surface area contributed by atoms with Gasteiger partial charge in [-0.25, -0.2) is 4.98 Å². The van der Waals surface area contributed by atoms with Gasteiger partial charge >= 0.3 is 0 Å². The fraction of sp³-hybridized carbons (Fsp3) is 0.179. The van der Waals surface area contributed by atoms with Crippen molar-refractivity contribution in [2.45, 2.75) is 19.9 Å². The number of anilines is 1. The van der Waals surface area contributed by atoms with E-state index in [4.69, 9.17) is 13.9 Å². The quantitative estimate of drug-likeness (QED) is 0.365. The molecule has 176 valence electrons. The highest BCUT2D eigenvalue weighted by Gasteiger charge is 2.44. The van der Waals surface area contributed by atoms with Gasteiger partial charge in [-0.2, -0.15) is 0 Å². The van der Waals surface area contributed by atoms with Crippen LogP contribution in [0.2, 0.25) is 0 Å². The summed E-state index contributed by atoms with van der Waals surface area (Å²) in [6.45, 7) is 7.74. The number of hydrogen-bond acceptors (Lipinski definition) is 6. The van der Waals surface area contributed by atoms with Crippen LogP contribution in [0.1, 0.15) is 39.0 Å². The lowest BCUT2D eigenvalue weighted by atomic mass is 9.97. The molecule has 1 aliphatic heterocycles. The molecule has 0 fully saturated rings. The summed E-state index contributed by atoms with van der Waals surface area (Å²) < 4.78 is 17.3. The van der Waals surface area contributed by atoms with Crippen molar-refractivity contribution in [2.24, 2.45) is 0 Å². The zero-order valence-electron chi connectivity index (χ0n) is 19.7. The van der Waals surface area contributed by atoms with Gasteiger partial charge in [0.1, 0.15) is 18.0 Å². The monoisotopic (exact) mass is 468 g/mol. The van der Waals surface area contributed by atoms with E-state index in [2.05, 4.69) is 11.6 Å². The van der Waals surface area contributed by atoms with E-state index in [0.717, 1.165) is 11.3 Å². The topological polar surface area (TPSA) is 81.9 Å². The molecular formula is C28H24N2O5. The van der Waals surface area contributed by atoms with E-state index in [1.54, 1.807) is 36.4 Å². The molecule has 0 radical (unpaired) electrons. The van der Waals surface area contributed by atoms with Gasteiger partial charge in [-0.15, -0.1) is 0 Å². The number of carbonyl (C=O) groups excluding carboxylic acids is 1. The molecule has 0 bridgehead atoms. The molecule has 2 aromatic heterocycles. The third-order valence-corrected chi connectivity index (χ3v) is 6.01. The molecule has 1 aliphatic rings. The lowest BCUT2D eigenvalue weighted by molar-refractivity contribution is 0.0970. The summed E-state index contributed by atoms with van der Waals surface area (Å²) >= 11 is 0. The van der Waals surface area contributed by atoms with E-state index < -0.39 is 11.9 Å². The number of methoxy groups -OCH3 is 1. The number of benzene rings is 2. The average Bonchev–Trinajstić information content (AvgIpc) is 3.15. The van der Waals surface area contributed by atoms with Crippen LogP contribution in [-0.4, -0.2) is 24.6 Å². The van der Waals surface area contributed by atoms with Gasteiger partial charge in [0.05, 0.1) is 24.1 Å². The fourth-order valence-electron chi connectivity index (χ4n) is 4.42. The van der Waals surface area contributed by atoms with Crippen molar-refractivity contribution in [1.29, 1.82) is 0 Å². The van der Waals surface area contributed by atoms with Gasteiger partial charge in [-0.1, -0.05) is 36.4 Å². The summed E-state index contributed by atoms with van der Waals surface area (Å²) in [6.07, 6.45) is 1.64. The summed E-state index contributed by atoms with van der Waals surface area (Å²) in [7, 11) is 1.54. The molecule has 0 saturated heterocycles. The summed E-state index contributed by atoms with van der Waals surface area (Å²) in [5.74, 6) is 1.03. The molecule has 1 atom stereocenters. The minimum Gasteiger partial charge on any atom is -0.493 e. The van der Waals surface area contributed by atoms with Crippen LogP contribution in [-0.2, 0) is 0 Å². The minimum absolute atomic E-state index is 0.0191. The second-order valence-electron chi connectivity index (χ2n) is 8.40. The Labute approximate surface area is 202 Å². The lowest BCUT2D eigenvalue weighted by Gasteiger charge is -2.25. The van der Waals surface area contributed by atoms with Crippen LogP contribution < -0.4 is 19.8 Å². The molecule has 1 amide bonds. The third kappa shape index (κ3) is 3.75. The van der Waals surface area contributed by atoms with Crippen LogP contribution >= 0.6 is 0 Å². The predicted octanol–water partition coefficient (Wildman–Crippen LogP) is 5.13. The van der Waals surface area contributed by atoms with Gasteiger partial charge in [-0.3, -0.25) is 14.5 Å². The van der Waals surface area contributed by atoms with Crippen molar-refractivity contribution < 1.29 is 18.7 Å². The summed E-state index contributed by atoms with van der Waals surface area (Å²) in [5, 5.41) is 0.429. The number of ether oxygens (including phenoxy) is 2. The number of fused-ring (bicyclic) bond motifs is 2. The van der Waals surface area contributed by atoms with Crippen LogP contribution in [0.5, 0.6) is 11.5 Å². The highest BCUT2D eigenvalue weighted by molar-refractivity contribution is 6.10. The minimum atomic E-state index is -0.754. The Hall–Kier alpha value is -4.39. The van der Waals surface area contributed by atoms with Crippen LogP contribution in [0.4, 0.5) is 5.82 Å². The van der Waals surface area contributed by atoms with E-state index in [1.807, 2.05) is 38.1 Å². The molecule has 35 heavy (non-hydrogen) atoms. The SMILES string of the molecule is C=CCOc1ccc(C2c3c(oc4ccc(C)cc4c3=O)C(=O)N2c2cccc(C)n2)cc1OC. The standard InChI is InChI=1S/C28H24N2O5/c1-5-13-34-21-12-10-18(15-22(21)33-4)25-24-26(31)19-14-16(2)9-11-20(19)35-27(24)28(32)30(25)23-8-6-7-17(3)29-23/h5-12,14-15,25H,1,13H2,2-4H3. The largest absolute Gasteiger partial charge is 0.493 e. The van der Waals surface area contributed by atoms with E-state index in [9.17, 15) is 9.59 Å². The van der Waals surface area contributed by atoms with E-state index in [-0.39, 0.29) is 16.8 Å². The van der Waals surface area contributed by atoms with Crippen LogP contribution in [0.25, 0.3) is 11.0 Å². The maximum atomic E-state index is 13.8. The van der Waals surface area contributed by atoms with Gasteiger partial charge in [0, 0.05) is 5.69 Å². The lowest BCUT2D eigenvalue weighted by Crippen LogP contribution is -2.30. The highest BCUT2D eigenvalue weighted by Crippen LogP contribution is 2.42. The number of nitrogens with zero attached hydrogens (tertiary/aromatic N) is 2. The van der Waals surface area contributed by atoms with Gasteiger partial charge in [0.25, 0.3) is 5.91 Å². The second-order valence-corrected chi connectivity index (χ2v) is 8.40. The zero-order chi connectivity index (χ0) is 24.7. The Kier molecular flexibility index (Phi) is 5.61. The molecule has 7 nitrogen and oxygen atoms in total. The molecule has 0 spiro atoms. The first kappa shape index (κ1) is 22.4. The average molecular weight is 469 g/mol. The number of rotatable bonds is 6. The van der Waals surface area contributed by atoms with Crippen molar-refractivity contribution in [3.05, 3.63) is 106 Å². The van der Waals surface area contributed by atoms with Crippen molar-refractivity contribution >= 4 is 22.7 Å². The van der Waals surface area contributed by atoms with Crippen molar-refractivity contribution in [3.63, 3.8) is 0 Å². The number of hydrogen-bond donors (Lipinski definition) is 0. The Morgan fingerprint density at radius 1 is 1.09 bits per heavy atom.